The number of methoxy groups -OCH3 is 1. The number of halogens is 1. The van der Waals surface area contributed by atoms with Crippen LogP contribution >= 0.6 is 0 Å². The summed E-state index contributed by atoms with van der Waals surface area (Å²) in [5.74, 6) is 0.0739. The minimum absolute atomic E-state index is 0.286. The van der Waals surface area contributed by atoms with E-state index in [1.807, 2.05) is 0 Å². The summed E-state index contributed by atoms with van der Waals surface area (Å²) in [6, 6.07) is 11.8. The van der Waals surface area contributed by atoms with Crippen molar-refractivity contribution in [2.45, 2.75) is 25.8 Å². The second-order valence-corrected chi connectivity index (χ2v) is 6.78. The number of hydrogen-bond acceptors (Lipinski definition) is 5. The van der Waals surface area contributed by atoms with Gasteiger partial charge in [-0.2, -0.15) is 0 Å². The minimum atomic E-state index is -0.405. The Morgan fingerprint density at radius 1 is 1.15 bits per heavy atom. The number of benzene rings is 2. The van der Waals surface area contributed by atoms with Crippen LogP contribution in [0, 0.1) is 5.82 Å². The number of anilines is 1. The Kier molecular flexibility index (Phi) is 4.48. The Morgan fingerprint density at radius 3 is 2.59 bits per heavy atom. The van der Waals surface area contributed by atoms with E-state index in [9.17, 15) is 9.18 Å². The highest BCUT2D eigenvalue weighted by molar-refractivity contribution is 5.94. The van der Waals surface area contributed by atoms with Gasteiger partial charge in [-0.3, -0.25) is 0 Å². The van der Waals surface area contributed by atoms with Gasteiger partial charge in [0.2, 0.25) is 0 Å². The second kappa shape index (κ2) is 6.95. The van der Waals surface area contributed by atoms with E-state index in [-0.39, 0.29) is 5.82 Å². The van der Waals surface area contributed by atoms with E-state index in [2.05, 4.69) is 11.8 Å². The van der Waals surface area contributed by atoms with Gasteiger partial charge in [0.1, 0.15) is 11.5 Å². The smallest absolute Gasteiger partial charge is 0.337 e. The van der Waals surface area contributed by atoms with E-state index in [1.54, 1.807) is 30.3 Å². The molecule has 1 atom stereocenters. The van der Waals surface area contributed by atoms with Crippen LogP contribution in [0.3, 0.4) is 0 Å². The van der Waals surface area contributed by atoms with Gasteiger partial charge in [-0.25, -0.2) is 19.2 Å². The summed E-state index contributed by atoms with van der Waals surface area (Å²) in [7, 11) is 1.35. The van der Waals surface area contributed by atoms with E-state index in [1.165, 1.54) is 19.2 Å². The van der Waals surface area contributed by atoms with Gasteiger partial charge in [-0.05, 0) is 62.2 Å². The van der Waals surface area contributed by atoms with E-state index in [4.69, 9.17) is 14.7 Å². The normalized spacial score (nSPS) is 16.7. The van der Waals surface area contributed by atoms with Gasteiger partial charge in [0, 0.05) is 18.2 Å². The number of esters is 1. The molecular weight excluding hydrogens is 345 g/mol. The van der Waals surface area contributed by atoms with Crippen molar-refractivity contribution in [1.29, 1.82) is 0 Å². The Morgan fingerprint density at radius 2 is 1.93 bits per heavy atom. The standard InChI is InChI=1S/C21H20FN3O2/c1-13-4-3-11-25(13)20-19(14-5-8-16(22)9-6-14)23-17-10-7-15(21(26)27-2)12-18(17)24-20/h5-10,12-13H,3-4,11H2,1-2H3/t13-/m0/s1. The topological polar surface area (TPSA) is 55.3 Å². The average molecular weight is 365 g/mol. The van der Waals surface area contributed by atoms with Crippen molar-refractivity contribution in [3.8, 4) is 11.3 Å². The zero-order valence-corrected chi connectivity index (χ0v) is 15.3. The first-order chi connectivity index (χ1) is 13.1. The molecule has 4 rings (SSSR count). The van der Waals surface area contributed by atoms with Gasteiger partial charge in [-0.1, -0.05) is 0 Å². The monoisotopic (exact) mass is 365 g/mol. The van der Waals surface area contributed by atoms with Crippen molar-refractivity contribution < 1.29 is 13.9 Å². The maximum Gasteiger partial charge on any atom is 0.337 e. The Labute approximate surface area is 156 Å². The largest absolute Gasteiger partial charge is 0.465 e. The number of carbonyl (C=O) groups is 1. The number of carbonyl (C=O) groups excluding carboxylic acids is 1. The number of nitrogens with zero attached hydrogens (tertiary/aromatic N) is 3. The Balaban J connectivity index is 1.91. The van der Waals surface area contributed by atoms with Crippen LogP contribution in [0.4, 0.5) is 10.2 Å². The molecule has 0 saturated carbocycles. The summed E-state index contributed by atoms with van der Waals surface area (Å²) in [6.45, 7) is 3.06. The molecule has 0 amide bonds. The summed E-state index contributed by atoms with van der Waals surface area (Å²) in [4.78, 5) is 23.7. The highest BCUT2D eigenvalue weighted by Gasteiger charge is 2.26. The number of fused-ring (bicyclic) bond motifs is 1. The summed E-state index contributed by atoms with van der Waals surface area (Å²) in [5.41, 5.74) is 3.30. The highest BCUT2D eigenvalue weighted by atomic mass is 19.1. The van der Waals surface area contributed by atoms with Gasteiger partial charge in [0.25, 0.3) is 0 Å². The SMILES string of the molecule is COC(=O)c1ccc2nc(-c3ccc(F)cc3)c(N3CCC[C@@H]3C)nc2c1. The molecule has 0 aliphatic carbocycles. The lowest BCUT2D eigenvalue weighted by molar-refractivity contribution is 0.0601. The first-order valence-electron chi connectivity index (χ1n) is 8.99. The molecule has 1 aliphatic heterocycles. The zero-order valence-electron chi connectivity index (χ0n) is 15.3. The van der Waals surface area contributed by atoms with E-state index >= 15 is 0 Å². The Bertz CT molecular complexity index is 1000. The summed E-state index contributed by atoms with van der Waals surface area (Å²) < 4.78 is 18.2. The third-order valence-corrected chi connectivity index (χ3v) is 5.01. The van der Waals surface area contributed by atoms with E-state index in [0.29, 0.717) is 22.6 Å². The maximum atomic E-state index is 13.4. The predicted octanol–water partition coefficient (Wildman–Crippen LogP) is 4.21. The molecule has 1 saturated heterocycles. The van der Waals surface area contributed by atoms with Crippen LogP contribution in [-0.2, 0) is 4.74 Å². The maximum absolute atomic E-state index is 13.4. The molecule has 0 spiro atoms. The summed E-state index contributed by atoms with van der Waals surface area (Å²) >= 11 is 0. The lowest BCUT2D eigenvalue weighted by atomic mass is 10.1. The van der Waals surface area contributed by atoms with Gasteiger partial charge < -0.3 is 9.64 Å². The van der Waals surface area contributed by atoms with Gasteiger partial charge >= 0.3 is 5.97 Å². The number of aromatic nitrogens is 2. The van der Waals surface area contributed by atoms with Crippen molar-refractivity contribution in [2.24, 2.45) is 0 Å². The van der Waals surface area contributed by atoms with Crippen LogP contribution in [0.25, 0.3) is 22.3 Å². The fraction of sp³-hybridized carbons (Fsp3) is 0.286. The molecule has 2 aromatic carbocycles. The molecule has 0 N–H and O–H groups in total. The van der Waals surface area contributed by atoms with Crippen LogP contribution < -0.4 is 4.90 Å². The molecule has 6 heteroatoms. The first-order valence-corrected chi connectivity index (χ1v) is 8.99. The first kappa shape index (κ1) is 17.4. The molecular formula is C21H20FN3O2. The molecule has 138 valence electrons. The molecule has 2 heterocycles. The van der Waals surface area contributed by atoms with Crippen molar-refractivity contribution in [3.63, 3.8) is 0 Å². The fourth-order valence-corrected chi connectivity index (χ4v) is 3.54. The number of hydrogen-bond donors (Lipinski definition) is 0. The van der Waals surface area contributed by atoms with Gasteiger partial charge in [-0.15, -0.1) is 0 Å². The van der Waals surface area contributed by atoms with Crippen molar-refractivity contribution in [3.05, 3.63) is 53.8 Å². The van der Waals surface area contributed by atoms with Crippen LogP contribution in [0.2, 0.25) is 0 Å². The van der Waals surface area contributed by atoms with Crippen LogP contribution in [-0.4, -0.2) is 35.6 Å². The molecule has 5 nitrogen and oxygen atoms in total. The molecule has 0 radical (unpaired) electrons. The molecule has 1 aromatic heterocycles. The third kappa shape index (κ3) is 3.23. The van der Waals surface area contributed by atoms with Crippen LogP contribution in [0.15, 0.2) is 42.5 Å². The summed E-state index contributed by atoms with van der Waals surface area (Å²) in [6.07, 6.45) is 2.18. The lowest BCUT2D eigenvalue weighted by Gasteiger charge is -2.25. The summed E-state index contributed by atoms with van der Waals surface area (Å²) in [5, 5.41) is 0. The van der Waals surface area contributed by atoms with Crippen LogP contribution in [0.1, 0.15) is 30.1 Å². The van der Waals surface area contributed by atoms with Crippen molar-refractivity contribution in [2.75, 3.05) is 18.6 Å². The second-order valence-electron chi connectivity index (χ2n) is 6.78. The molecule has 1 fully saturated rings. The zero-order chi connectivity index (χ0) is 19.0. The number of ether oxygens (including phenoxy) is 1. The van der Waals surface area contributed by atoms with Crippen molar-refractivity contribution >= 4 is 22.8 Å². The molecule has 1 aliphatic rings. The third-order valence-electron chi connectivity index (χ3n) is 5.01. The molecule has 0 unspecified atom stereocenters. The molecule has 0 bridgehead atoms. The fourth-order valence-electron chi connectivity index (χ4n) is 3.54. The van der Waals surface area contributed by atoms with Gasteiger partial charge in [0.15, 0.2) is 5.82 Å². The minimum Gasteiger partial charge on any atom is -0.465 e. The van der Waals surface area contributed by atoms with Crippen LogP contribution in [0.5, 0.6) is 0 Å². The molecule has 3 aromatic rings. The average Bonchev–Trinajstić information content (AvgIpc) is 3.12. The van der Waals surface area contributed by atoms with Crippen molar-refractivity contribution in [1.82, 2.24) is 9.97 Å². The van der Waals surface area contributed by atoms with E-state index in [0.717, 1.165) is 36.5 Å². The highest BCUT2D eigenvalue weighted by Crippen LogP contribution is 2.34. The quantitative estimate of drug-likeness (QED) is 0.651. The number of rotatable bonds is 3. The lowest BCUT2D eigenvalue weighted by Crippen LogP contribution is -2.28. The van der Waals surface area contributed by atoms with Gasteiger partial charge in [0.05, 0.1) is 23.7 Å². The predicted molar refractivity (Wildman–Crippen MR) is 102 cm³/mol. The Hall–Kier alpha value is -3.02. The molecule has 27 heavy (non-hydrogen) atoms. The van der Waals surface area contributed by atoms with E-state index < -0.39 is 5.97 Å².